The van der Waals surface area contributed by atoms with Gasteiger partial charge in [0.15, 0.2) is 0 Å². The average Bonchev–Trinajstić information content (AvgIpc) is 2.74. The molecule has 0 radical (unpaired) electrons. The van der Waals surface area contributed by atoms with Gasteiger partial charge in [-0.15, -0.1) is 0 Å². The highest BCUT2D eigenvalue weighted by Crippen LogP contribution is 2.31. The van der Waals surface area contributed by atoms with Gasteiger partial charge in [0.2, 0.25) is 0 Å². The summed E-state index contributed by atoms with van der Waals surface area (Å²) in [6.07, 6.45) is 3.25. The highest BCUT2D eigenvalue weighted by Gasteiger charge is 2.20. The van der Waals surface area contributed by atoms with Gasteiger partial charge in [0.1, 0.15) is 17.2 Å². The summed E-state index contributed by atoms with van der Waals surface area (Å²) in [5.41, 5.74) is 2.95. The third-order valence-electron chi connectivity index (χ3n) is 2.44. The van der Waals surface area contributed by atoms with Gasteiger partial charge in [-0.25, -0.2) is 4.98 Å². The first-order chi connectivity index (χ1) is 8.15. The van der Waals surface area contributed by atoms with Crippen molar-refractivity contribution in [1.82, 2.24) is 9.55 Å². The van der Waals surface area contributed by atoms with E-state index in [1.807, 2.05) is 0 Å². The molecule has 7 heteroatoms. The zero-order valence-electron chi connectivity index (χ0n) is 9.12. The Morgan fingerprint density at radius 3 is 2.82 bits per heavy atom. The van der Waals surface area contributed by atoms with Crippen LogP contribution in [0.4, 0.5) is 11.4 Å². The number of rotatable bonds is 3. The Hall–Kier alpha value is -2.41. The van der Waals surface area contributed by atoms with Gasteiger partial charge in [0.25, 0.3) is 0 Å². The molecule has 2 rings (SSSR count). The monoisotopic (exact) mass is 233 g/mol. The fourth-order valence-electron chi connectivity index (χ4n) is 1.67. The second kappa shape index (κ2) is 4.22. The van der Waals surface area contributed by atoms with Crippen LogP contribution in [0.2, 0.25) is 0 Å². The number of anilines is 1. The normalized spacial score (nSPS) is 10.2. The van der Waals surface area contributed by atoms with Crippen LogP contribution in [0.15, 0.2) is 30.6 Å². The van der Waals surface area contributed by atoms with Gasteiger partial charge in [0.05, 0.1) is 4.92 Å². The summed E-state index contributed by atoms with van der Waals surface area (Å²) in [4.78, 5) is 14.7. The Kier molecular flexibility index (Phi) is 2.75. The number of hydrazine groups is 1. The van der Waals surface area contributed by atoms with Crippen LogP contribution in [0.3, 0.4) is 0 Å². The molecule has 2 aromatic rings. The van der Waals surface area contributed by atoms with Crippen molar-refractivity contribution in [2.75, 3.05) is 5.43 Å². The summed E-state index contributed by atoms with van der Waals surface area (Å²) >= 11 is 0. The molecule has 0 saturated heterocycles. The largest absolute Gasteiger partial charge is 0.318 e. The fraction of sp³-hybridized carbons (Fsp3) is 0.100. The Bertz CT molecular complexity index is 564. The molecule has 1 heterocycles. The maximum Gasteiger partial charge on any atom is 0.317 e. The molecule has 0 saturated carbocycles. The van der Waals surface area contributed by atoms with Crippen LogP contribution in [0.25, 0.3) is 5.69 Å². The smallest absolute Gasteiger partial charge is 0.317 e. The number of hydrogen-bond acceptors (Lipinski definition) is 5. The maximum atomic E-state index is 11.1. The van der Waals surface area contributed by atoms with E-state index in [9.17, 15) is 10.1 Å². The number of nitrogen functional groups attached to an aromatic ring is 1. The number of nitro benzene ring substituents is 1. The van der Waals surface area contributed by atoms with Gasteiger partial charge < -0.3 is 5.43 Å². The van der Waals surface area contributed by atoms with Gasteiger partial charge in [0, 0.05) is 12.4 Å². The molecule has 0 aliphatic heterocycles. The second-order valence-corrected chi connectivity index (χ2v) is 3.42. The molecule has 0 amide bonds. The van der Waals surface area contributed by atoms with Gasteiger partial charge in [-0.2, -0.15) is 0 Å². The summed E-state index contributed by atoms with van der Waals surface area (Å²) in [6, 6.07) is 4.89. The van der Waals surface area contributed by atoms with E-state index in [1.165, 1.54) is 0 Å². The van der Waals surface area contributed by atoms with Crippen molar-refractivity contribution in [3.05, 3.63) is 46.5 Å². The minimum atomic E-state index is -0.468. The van der Waals surface area contributed by atoms with Crippen molar-refractivity contribution in [1.29, 1.82) is 0 Å². The van der Waals surface area contributed by atoms with Crippen molar-refractivity contribution in [2.24, 2.45) is 5.84 Å². The van der Waals surface area contributed by atoms with E-state index in [-0.39, 0.29) is 11.4 Å². The van der Waals surface area contributed by atoms with Gasteiger partial charge >= 0.3 is 5.69 Å². The summed E-state index contributed by atoms with van der Waals surface area (Å²) in [7, 11) is 0. The Morgan fingerprint density at radius 1 is 1.53 bits per heavy atom. The summed E-state index contributed by atoms with van der Waals surface area (Å²) in [5.74, 6) is 5.94. The van der Waals surface area contributed by atoms with Crippen LogP contribution in [0, 0.1) is 17.0 Å². The molecule has 0 unspecified atom stereocenters. The SMILES string of the molecule is Cc1nccn1-c1cccc(NN)c1[N+](=O)[O-]. The molecule has 1 aromatic heterocycles. The molecule has 0 atom stereocenters. The molecule has 0 fully saturated rings. The second-order valence-electron chi connectivity index (χ2n) is 3.42. The Balaban J connectivity index is 2.70. The lowest BCUT2D eigenvalue weighted by Gasteiger charge is -2.09. The van der Waals surface area contributed by atoms with Gasteiger partial charge in [-0.3, -0.25) is 20.5 Å². The quantitative estimate of drug-likeness (QED) is 0.474. The molecule has 17 heavy (non-hydrogen) atoms. The highest BCUT2D eigenvalue weighted by atomic mass is 16.6. The molecule has 0 aliphatic carbocycles. The van der Waals surface area contributed by atoms with Crippen LogP contribution in [-0.4, -0.2) is 14.5 Å². The Morgan fingerprint density at radius 2 is 2.29 bits per heavy atom. The number of nitrogens with one attached hydrogen (secondary N) is 1. The standard InChI is InChI=1S/C10H11N5O2/c1-7-12-5-6-14(7)9-4-2-3-8(13-11)10(9)15(16)17/h2-6,13H,11H2,1H3. The number of imidazole rings is 1. The van der Waals surface area contributed by atoms with Gasteiger partial charge in [-0.1, -0.05) is 6.07 Å². The van der Waals surface area contributed by atoms with Crippen LogP contribution in [0.5, 0.6) is 0 Å². The highest BCUT2D eigenvalue weighted by molar-refractivity contribution is 5.70. The number of nitrogens with two attached hydrogens (primary N) is 1. The molecule has 0 spiro atoms. The average molecular weight is 233 g/mol. The zero-order chi connectivity index (χ0) is 12.4. The zero-order valence-corrected chi connectivity index (χ0v) is 9.12. The predicted molar refractivity (Wildman–Crippen MR) is 62.8 cm³/mol. The van der Waals surface area contributed by atoms with Crippen molar-refractivity contribution in [3.63, 3.8) is 0 Å². The molecular formula is C10H11N5O2. The third kappa shape index (κ3) is 1.83. The first-order valence-electron chi connectivity index (χ1n) is 4.89. The topological polar surface area (TPSA) is 99.0 Å². The molecular weight excluding hydrogens is 222 g/mol. The van der Waals surface area contributed by atoms with Crippen molar-refractivity contribution < 1.29 is 4.92 Å². The van der Waals surface area contributed by atoms with E-state index >= 15 is 0 Å². The minimum Gasteiger partial charge on any atom is -0.318 e. The minimum absolute atomic E-state index is 0.0731. The van der Waals surface area contributed by atoms with E-state index < -0.39 is 4.92 Å². The number of nitro groups is 1. The number of hydrogen-bond donors (Lipinski definition) is 2. The van der Waals surface area contributed by atoms with Gasteiger partial charge in [-0.05, 0) is 19.1 Å². The first-order valence-corrected chi connectivity index (χ1v) is 4.89. The number of benzene rings is 1. The van der Waals surface area contributed by atoms with Crippen molar-refractivity contribution >= 4 is 11.4 Å². The molecule has 1 aromatic carbocycles. The van der Waals surface area contributed by atoms with Crippen LogP contribution >= 0.6 is 0 Å². The molecule has 7 nitrogen and oxygen atoms in total. The van der Waals surface area contributed by atoms with E-state index in [2.05, 4.69) is 10.4 Å². The summed E-state index contributed by atoms with van der Waals surface area (Å²) in [6.45, 7) is 1.77. The van der Waals surface area contributed by atoms with Crippen molar-refractivity contribution in [2.45, 2.75) is 6.92 Å². The maximum absolute atomic E-state index is 11.1. The lowest BCUT2D eigenvalue weighted by molar-refractivity contribution is -0.383. The molecule has 3 N–H and O–H groups in total. The van der Waals surface area contributed by atoms with Crippen LogP contribution < -0.4 is 11.3 Å². The third-order valence-corrected chi connectivity index (χ3v) is 2.44. The number of nitrogens with zero attached hydrogens (tertiary/aromatic N) is 3. The fourth-order valence-corrected chi connectivity index (χ4v) is 1.67. The van der Waals surface area contributed by atoms with E-state index in [1.54, 1.807) is 42.1 Å². The number of aromatic nitrogens is 2. The van der Waals surface area contributed by atoms with E-state index in [0.29, 0.717) is 11.5 Å². The van der Waals surface area contributed by atoms with Crippen LogP contribution in [-0.2, 0) is 0 Å². The number of aryl methyl sites for hydroxylation is 1. The summed E-state index contributed by atoms with van der Waals surface area (Å²) in [5, 5.41) is 11.1. The van der Waals surface area contributed by atoms with E-state index in [4.69, 9.17) is 5.84 Å². The number of para-hydroxylation sites is 1. The molecule has 0 bridgehead atoms. The summed E-state index contributed by atoms with van der Waals surface area (Å²) < 4.78 is 1.64. The van der Waals surface area contributed by atoms with Crippen LogP contribution in [0.1, 0.15) is 5.82 Å². The lowest BCUT2D eigenvalue weighted by Crippen LogP contribution is -2.11. The molecule has 88 valence electrons. The first kappa shape index (κ1) is 11.1. The van der Waals surface area contributed by atoms with Crippen molar-refractivity contribution in [3.8, 4) is 5.69 Å². The predicted octanol–water partition coefficient (Wildman–Crippen LogP) is 1.37. The lowest BCUT2D eigenvalue weighted by atomic mass is 10.2. The molecule has 0 aliphatic rings. The Labute approximate surface area is 97.0 Å². The van der Waals surface area contributed by atoms with E-state index in [0.717, 1.165) is 0 Å².